The number of rotatable bonds is 2. The van der Waals surface area contributed by atoms with Gasteiger partial charge in [-0.05, 0) is 6.92 Å². The molecule has 40 valence electrons. The zero-order chi connectivity index (χ0) is 5.70. The number of aliphatic hydroxyl groups is 1. The fourth-order valence-corrected chi connectivity index (χ4v) is 0.197. The SMILES string of the molecule is C=CN=C(C)CO. The summed E-state index contributed by atoms with van der Waals surface area (Å²) in [7, 11) is 0. The van der Waals surface area contributed by atoms with Crippen LogP contribution in [-0.2, 0) is 0 Å². The number of hydrogen-bond donors (Lipinski definition) is 1. The van der Waals surface area contributed by atoms with Gasteiger partial charge in [0.15, 0.2) is 0 Å². The quantitative estimate of drug-likeness (QED) is 0.505. The summed E-state index contributed by atoms with van der Waals surface area (Å²) >= 11 is 0. The minimum atomic E-state index is 0.0199. The smallest absolute Gasteiger partial charge is 0.0810 e. The third-order valence-corrected chi connectivity index (χ3v) is 0.540. The van der Waals surface area contributed by atoms with Gasteiger partial charge in [0.1, 0.15) is 0 Å². The Bertz CT molecular complexity index is 86.1. The fourth-order valence-electron chi connectivity index (χ4n) is 0.197. The molecule has 0 spiro atoms. The Morgan fingerprint density at radius 3 is 2.71 bits per heavy atom. The van der Waals surface area contributed by atoms with E-state index < -0.39 is 0 Å². The lowest BCUT2D eigenvalue weighted by Crippen LogP contribution is -1.95. The van der Waals surface area contributed by atoms with Gasteiger partial charge < -0.3 is 5.11 Å². The van der Waals surface area contributed by atoms with Crippen LogP contribution in [0.4, 0.5) is 0 Å². The molecule has 0 rings (SSSR count). The van der Waals surface area contributed by atoms with Crippen LogP contribution in [0.25, 0.3) is 0 Å². The third kappa shape index (κ3) is 3.19. The lowest BCUT2D eigenvalue weighted by molar-refractivity contribution is 0.357. The molecule has 0 aromatic carbocycles. The Morgan fingerprint density at radius 1 is 2.00 bits per heavy atom. The van der Waals surface area contributed by atoms with E-state index in [1.807, 2.05) is 0 Å². The van der Waals surface area contributed by atoms with Crippen LogP contribution in [0.15, 0.2) is 17.8 Å². The van der Waals surface area contributed by atoms with Crippen molar-refractivity contribution in [1.29, 1.82) is 0 Å². The van der Waals surface area contributed by atoms with Gasteiger partial charge in [-0.15, -0.1) is 0 Å². The van der Waals surface area contributed by atoms with Crippen LogP contribution in [0.5, 0.6) is 0 Å². The topological polar surface area (TPSA) is 32.6 Å². The fraction of sp³-hybridized carbons (Fsp3) is 0.400. The first-order valence-corrected chi connectivity index (χ1v) is 2.06. The van der Waals surface area contributed by atoms with Crippen LogP contribution in [0.1, 0.15) is 6.92 Å². The first-order valence-electron chi connectivity index (χ1n) is 2.06. The predicted octanol–water partition coefficient (Wildman–Crippen LogP) is 0.583. The average Bonchev–Trinajstić information content (AvgIpc) is 1.68. The normalized spacial score (nSPS) is 11.4. The maximum Gasteiger partial charge on any atom is 0.0810 e. The summed E-state index contributed by atoms with van der Waals surface area (Å²) in [5, 5.41) is 8.29. The molecule has 0 amide bonds. The second-order valence-electron chi connectivity index (χ2n) is 1.21. The molecular weight excluding hydrogens is 90.1 g/mol. The third-order valence-electron chi connectivity index (χ3n) is 0.540. The van der Waals surface area contributed by atoms with Crippen molar-refractivity contribution < 1.29 is 5.11 Å². The second kappa shape index (κ2) is 3.56. The van der Waals surface area contributed by atoms with E-state index in [0.29, 0.717) is 5.71 Å². The molecule has 0 atom stereocenters. The van der Waals surface area contributed by atoms with Gasteiger partial charge >= 0.3 is 0 Å². The van der Waals surface area contributed by atoms with Crippen molar-refractivity contribution in [3.05, 3.63) is 12.8 Å². The highest BCUT2D eigenvalue weighted by atomic mass is 16.3. The summed E-state index contributed by atoms with van der Waals surface area (Å²) in [4.78, 5) is 3.67. The molecule has 2 heteroatoms. The molecule has 0 aromatic rings. The zero-order valence-electron chi connectivity index (χ0n) is 4.39. The maximum absolute atomic E-state index is 8.29. The zero-order valence-corrected chi connectivity index (χ0v) is 4.39. The molecule has 0 unspecified atom stereocenters. The number of aliphatic imine (C=N–C) groups is 1. The molecule has 0 bridgehead atoms. The molecule has 0 heterocycles. The van der Waals surface area contributed by atoms with Gasteiger partial charge in [-0.2, -0.15) is 0 Å². The molecule has 0 saturated heterocycles. The predicted molar refractivity (Wildman–Crippen MR) is 30.4 cm³/mol. The molecule has 0 aliphatic heterocycles. The van der Waals surface area contributed by atoms with E-state index >= 15 is 0 Å². The Balaban J connectivity index is 3.49. The molecular formula is C5H9NO. The standard InChI is InChI=1S/C5H9NO/c1-3-6-5(2)4-7/h3,7H,1,4H2,2H3. The van der Waals surface area contributed by atoms with E-state index in [1.54, 1.807) is 6.92 Å². The van der Waals surface area contributed by atoms with Crippen LogP contribution >= 0.6 is 0 Å². The lowest BCUT2D eigenvalue weighted by atomic mass is 10.5. The molecule has 0 aliphatic carbocycles. The summed E-state index contributed by atoms with van der Waals surface area (Å²) in [5.41, 5.74) is 0.690. The number of nitrogens with zero attached hydrogens (tertiary/aromatic N) is 1. The molecule has 0 aliphatic rings. The van der Waals surface area contributed by atoms with E-state index in [9.17, 15) is 0 Å². The molecule has 0 saturated carbocycles. The van der Waals surface area contributed by atoms with Gasteiger partial charge in [-0.3, -0.25) is 4.99 Å². The van der Waals surface area contributed by atoms with Crippen molar-refractivity contribution in [2.24, 2.45) is 4.99 Å². The summed E-state index contributed by atoms with van der Waals surface area (Å²) in [6.45, 7) is 5.11. The maximum atomic E-state index is 8.29. The van der Waals surface area contributed by atoms with Gasteiger partial charge in [-0.25, -0.2) is 0 Å². The molecule has 7 heavy (non-hydrogen) atoms. The largest absolute Gasteiger partial charge is 0.390 e. The van der Waals surface area contributed by atoms with Crippen molar-refractivity contribution in [2.75, 3.05) is 6.61 Å². The van der Waals surface area contributed by atoms with Crippen molar-refractivity contribution in [3.63, 3.8) is 0 Å². The van der Waals surface area contributed by atoms with Crippen LogP contribution in [-0.4, -0.2) is 17.4 Å². The van der Waals surface area contributed by atoms with E-state index in [-0.39, 0.29) is 6.61 Å². The molecule has 1 N–H and O–H groups in total. The monoisotopic (exact) mass is 99.1 g/mol. The van der Waals surface area contributed by atoms with Gasteiger partial charge in [-0.1, -0.05) is 6.58 Å². The van der Waals surface area contributed by atoms with Crippen molar-refractivity contribution in [2.45, 2.75) is 6.92 Å². The van der Waals surface area contributed by atoms with Gasteiger partial charge in [0.2, 0.25) is 0 Å². The average molecular weight is 99.1 g/mol. The highest BCUT2D eigenvalue weighted by Crippen LogP contribution is 1.73. The minimum Gasteiger partial charge on any atom is -0.390 e. The molecule has 2 nitrogen and oxygen atoms in total. The Labute approximate surface area is 43.2 Å². The summed E-state index contributed by atoms with van der Waals surface area (Å²) in [6.07, 6.45) is 1.41. The van der Waals surface area contributed by atoms with Crippen molar-refractivity contribution in [3.8, 4) is 0 Å². The highest BCUT2D eigenvalue weighted by molar-refractivity contribution is 5.83. The lowest BCUT2D eigenvalue weighted by Gasteiger charge is -1.84. The van der Waals surface area contributed by atoms with Crippen LogP contribution < -0.4 is 0 Å². The van der Waals surface area contributed by atoms with Gasteiger partial charge in [0.05, 0.1) is 6.61 Å². The van der Waals surface area contributed by atoms with Crippen molar-refractivity contribution in [1.82, 2.24) is 0 Å². The van der Waals surface area contributed by atoms with Crippen LogP contribution in [0, 0.1) is 0 Å². The summed E-state index contributed by atoms with van der Waals surface area (Å²) in [5.74, 6) is 0. The highest BCUT2D eigenvalue weighted by Gasteiger charge is 1.78. The Kier molecular flexibility index (Phi) is 3.24. The van der Waals surface area contributed by atoms with Crippen molar-refractivity contribution >= 4 is 5.71 Å². The van der Waals surface area contributed by atoms with Crippen LogP contribution in [0.2, 0.25) is 0 Å². The van der Waals surface area contributed by atoms with E-state index in [1.165, 1.54) is 6.20 Å². The molecule has 0 radical (unpaired) electrons. The molecule has 0 fully saturated rings. The van der Waals surface area contributed by atoms with Crippen LogP contribution in [0.3, 0.4) is 0 Å². The summed E-state index contributed by atoms with van der Waals surface area (Å²) in [6, 6.07) is 0. The minimum absolute atomic E-state index is 0.0199. The van der Waals surface area contributed by atoms with E-state index in [2.05, 4.69) is 11.6 Å². The Hall–Kier alpha value is -0.630. The van der Waals surface area contributed by atoms with Gasteiger partial charge in [0.25, 0.3) is 0 Å². The van der Waals surface area contributed by atoms with Gasteiger partial charge in [0, 0.05) is 11.9 Å². The first-order chi connectivity index (χ1) is 3.31. The van der Waals surface area contributed by atoms with E-state index in [0.717, 1.165) is 0 Å². The summed E-state index contributed by atoms with van der Waals surface area (Å²) < 4.78 is 0. The number of aliphatic hydroxyl groups excluding tert-OH is 1. The second-order valence-corrected chi connectivity index (χ2v) is 1.21. The molecule has 0 aromatic heterocycles. The Morgan fingerprint density at radius 2 is 2.57 bits per heavy atom. The number of hydrogen-bond acceptors (Lipinski definition) is 2. The first kappa shape index (κ1) is 6.37. The van der Waals surface area contributed by atoms with E-state index in [4.69, 9.17) is 5.11 Å².